The van der Waals surface area contributed by atoms with Crippen LogP contribution in [-0.4, -0.2) is 38.3 Å². The van der Waals surface area contributed by atoms with Crippen LogP contribution in [0.4, 0.5) is 0 Å². The number of piperidine rings is 1. The van der Waals surface area contributed by atoms with E-state index < -0.39 is 18.2 Å². The minimum atomic E-state index is -1.13. The number of fused-ring (bicyclic) bond motifs is 1. The third-order valence-corrected chi connectivity index (χ3v) is 3.93. The SMILES string of the molecule is N#Cc1ccnc2c1n(CC(=O)O)c(=O)n2C1CCNCC1. The lowest BCUT2D eigenvalue weighted by Crippen LogP contribution is -2.35. The molecule has 0 atom stereocenters. The summed E-state index contributed by atoms with van der Waals surface area (Å²) < 4.78 is 2.67. The van der Waals surface area contributed by atoms with Crippen molar-refractivity contribution in [3.05, 3.63) is 28.3 Å². The van der Waals surface area contributed by atoms with Gasteiger partial charge in [0.1, 0.15) is 18.1 Å². The molecule has 1 fully saturated rings. The molecular formula is C14H15N5O3. The molecule has 2 aromatic heterocycles. The number of rotatable bonds is 3. The lowest BCUT2D eigenvalue weighted by atomic mass is 10.1. The number of carbonyl (C=O) groups is 1. The largest absolute Gasteiger partial charge is 0.480 e. The Balaban J connectivity index is 2.28. The molecule has 3 rings (SSSR count). The van der Waals surface area contributed by atoms with E-state index in [4.69, 9.17) is 5.11 Å². The van der Waals surface area contributed by atoms with E-state index in [1.807, 2.05) is 6.07 Å². The van der Waals surface area contributed by atoms with Crippen molar-refractivity contribution in [3.8, 4) is 6.07 Å². The average Bonchev–Trinajstić information content (AvgIpc) is 2.80. The Morgan fingerprint density at radius 1 is 1.50 bits per heavy atom. The van der Waals surface area contributed by atoms with Gasteiger partial charge in [-0.2, -0.15) is 5.26 Å². The van der Waals surface area contributed by atoms with Gasteiger partial charge in [0.25, 0.3) is 0 Å². The van der Waals surface area contributed by atoms with Gasteiger partial charge in [0.15, 0.2) is 5.65 Å². The van der Waals surface area contributed by atoms with E-state index in [9.17, 15) is 14.9 Å². The second-order valence-electron chi connectivity index (χ2n) is 5.26. The number of imidazole rings is 1. The van der Waals surface area contributed by atoms with Crippen LogP contribution >= 0.6 is 0 Å². The summed E-state index contributed by atoms with van der Waals surface area (Å²) in [5.41, 5.74) is 0.531. The molecule has 114 valence electrons. The van der Waals surface area contributed by atoms with Crippen molar-refractivity contribution in [3.63, 3.8) is 0 Å². The standard InChI is InChI=1S/C14H15N5O3/c15-7-9-1-6-17-13-12(9)18(8-11(20)21)14(22)19(13)10-2-4-16-5-3-10/h1,6,10,16H,2-5,8H2,(H,20,21). The van der Waals surface area contributed by atoms with E-state index >= 15 is 0 Å². The number of aliphatic carboxylic acids is 1. The number of carboxylic acid groups (broad SMARTS) is 1. The highest BCUT2D eigenvalue weighted by atomic mass is 16.4. The van der Waals surface area contributed by atoms with Gasteiger partial charge in [0.05, 0.1) is 5.56 Å². The highest BCUT2D eigenvalue weighted by Crippen LogP contribution is 2.23. The Kier molecular flexibility index (Phi) is 3.65. The molecular weight excluding hydrogens is 286 g/mol. The van der Waals surface area contributed by atoms with Crippen molar-refractivity contribution in [2.45, 2.75) is 25.4 Å². The summed E-state index contributed by atoms with van der Waals surface area (Å²) >= 11 is 0. The van der Waals surface area contributed by atoms with E-state index in [0.29, 0.717) is 11.2 Å². The molecule has 0 bridgehead atoms. The van der Waals surface area contributed by atoms with Crippen LogP contribution in [0.2, 0.25) is 0 Å². The minimum Gasteiger partial charge on any atom is -0.480 e. The number of hydrogen-bond acceptors (Lipinski definition) is 5. The molecule has 0 unspecified atom stereocenters. The van der Waals surface area contributed by atoms with Crippen molar-refractivity contribution >= 4 is 17.1 Å². The fourth-order valence-electron chi connectivity index (χ4n) is 2.97. The average molecular weight is 301 g/mol. The van der Waals surface area contributed by atoms with Crippen LogP contribution in [-0.2, 0) is 11.3 Å². The summed E-state index contributed by atoms with van der Waals surface area (Å²) in [6.07, 6.45) is 3.01. The van der Waals surface area contributed by atoms with Crippen LogP contribution < -0.4 is 11.0 Å². The van der Waals surface area contributed by atoms with Gasteiger partial charge in [-0.05, 0) is 32.0 Å². The van der Waals surface area contributed by atoms with E-state index in [0.717, 1.165) is 30.5 Å². The Bertz CT molecular complexity index is 823. The van der Waals surface area contributed by atoms with Gasteiger partial charge in [-0.1, -0.05) is 0 Å². The molecule has 0 aliphatic carbocycles. The molecule has 8 heteroatoms. The van der Waals surface area contributed by atoms with Gasteiger partial charge in [-0.15, -0.1) is 0 Å². The van der Waals surface area contributed by atoms with Crippen molar-refractivity contribution < 1.29 is 9.90 Å². The number of aromatic nitrogens is 3. The first-order valence-electron chi connectivity index (χ1n) is 7.06. The number of carboxylic acids is 1. The zero-order chi connectivity index (χ0) is 15.7. The molecule has 8 nitrogen and oxygen atoms in total. The van der Waals surface area contributed by atoms with Gasteiger partial charge in [-0.25, -0.2) is 9.78 Å². The van der Waals surface area contributed by atoms with Crippen molar-refractivity contribution in [1.29, 1.82) is 5.26 Å². The predicted molar refractivity (Wildman–Crippen MR) is 77.5 cm³/mol. The normalized spacial score (nSPS) is 15.8. The summed E-state index contributed by atoms with van der Waals surface area (Å²) in [5, 5.41) is 21.5. The Morgan fingerprint density at radius 3 is 2.86 bits per heavy atom. The van der Waals surface area contributed by atoms with Gasteiger partial charge in [0, 0.05) is 12.2 Å². The summed E-state index contributed by atoms with van der Waals surface area (Å²) in [6, 6.07) is 3.47. The highest BCUT2D eigenvalue weighted by molar-refractivity contribution is 5.80. The van der Waals surface area contributed by atoms with Crippen molar-refractivity contribution in [1.82, 2.24) is 19.4 Å². The molecule has 0 saturated carbocycles. The zero-order valence-corrected chi connectivity index (χ0v) is 11.8. The maximum Gasteiger partial charge on any atom is 0.331 e. The molecule has 0 aromatic carbocycles. The van der Waals surface area contributed by atoms with Crippen LogP contribution in [0.15, 0.2) is 17.1 Å². The summed E-state index contributed by atoms with van der Waals surface area (Å²) in [7, 11) is 0. The molecule has 0 radical (unpaired) electrons. The molecule has 1 aliphatic rings. The summed E-state index contributed by atoms with van der Waals surface area (Å²) in [6.45, 7) is 1.11. The number of nitrogens with one attached hydrogen (secondary N) is 1. The minimum absolute atomic E-state index is 0.0345. The molecule has 0 spiro atoms. The third-order valence-electron chi connectivity index (χ3n) is 3.93. The van der Waals surface area contributed by atoms with E-state index in [1.165, 1.54) is 12.3 Å². The topological polar surface area (TPSA) is 113 Å². The van der Waals surface area contributed by atoms with Crippen LogP contribution in [0.3, 0.4) is 0 Å². The lowest BCUT2D eigenvalue weighted by molar-refractivity contribution is -0.137. The lowest BCUT2D eigenvalue weighted by Gasteiger charge is -2.23. The zero-order valence-electron chi connectivity index (χ0n) is 11.8. The summed E-state index contributed by atoms with van der Waals surface area (Å²) in [5.74, 6) is -1.13. The smallest absolute Gasteiger partial charge is 0.331 e. The predicted octanol–water partition coefficient (Wildman–Crippen LogP) is 0.0788. The molecule has 0 amide bonds. The van der Waals surface area contributed by atoms with Crippen LogP contribution in [0.5, 0.6) is 0 Å². The second kappa shape index (κ2) is 5.61. The maximum atomic E-state index is 12.7. The van der Waals surface area contributed by atoms with Gasteiger partial charge >= 0.3 is 11.7 Å². The fraction of sp³-hybridized carbons (Fsp3) is 0.429. The molecule has 22 heavy (non-hydrogen) atoms. The Morgan fingerprint density at radius 2 is 2.23 bits per heavy atom. The molecule has 2 aromatic rings. The monoisotopic (exact) mass is 301 g/mol. The molecule has 3 heterocycles. The Labute approximate surface area is 125 Å². The van der Waals surface area contributed by atoms with E-state index in [-0.39, 0.29) is 11.6 Å². The first-order chi connectivity index (χ1) is 10.6. The van der Waals surface area contributed by atoms with Crippen molar-refractivity contribution in [2.75, 3.05) is 13.1 Å². The van der Waals surface area contributed by atoms with Crippen molar-refractivity contribution in [2.24, 2.45) is 0 Å². The third kappa shape index (κ3) is 2.25. The molecule has 2 N–H and O–H groups in total. The van der Waals surface area contributed by atoms with E-state index in [1.54, 1.807) is 4.57 Å². The number of hydrogen-bond donors (Lipinski definition) is 2. The number of nitriles is 1. The second-order valence-corrected chi connectivity index (χ2v) is 5.26. The highest BCUT2D eigenvalue weighted by Gasteiger charge is 2.25. The molecule has 1 aliphatic heterocycles. The fourth-order valence-corrected chi connectivity index (χ4v) is 2.97. The summed E-state index contributed by atoms with van der Waals surface area (Å²) in [4.78, 5) is 28.0. The van der Waals surface area contributed by atoms with E-state index in [2.05, 4.69) is 10.3 Å². The molecule has 1 saturated heterocycles. The maximum absolute atomic E-state index is 12.7. The van der Waals surface area contributed by atoms with Crippen LogP contribution in [0.1, 0.15) is 24.4 Å². The quantitative estimate of drug-likeness (QED) is 0.830. The first kappa shape index (κ1) is 14.3. The van der Waals surface area contributed by atoms with Gasteiger partial charge in [0.2, 0.25) is 0 Å². The number of nitrogens with zero attached hydrogens (tertiary/aromatic N) is 4. The van der Waals surface area contributed by atoms with Crippen LogP contribution in [0.25, 0.3) is 11.2 Å². The first-order valence-corrected chi connectivity index (χ1v) is 7.06. The Hall–Kier alpha value is -2.66. The number of pyridine rings is 1. The van der Waals surface area contributed by atoms with Gasteiger partial charge < -0.3 is 10.4 Å². The van der Waals surface area contributed by atoms with Crippen LogP contribution in [0, 0.1) is 11.3 Å². The van der Waals surface area contributed by atoms with Gasteiger partial charge in [-0.3, -0.25) is 13.9 Å².